The lowest BCUT2D eigenvalue weighted by atomic mass is 10.1. The molecule has 0 saturated carbocycles. The molecule has 0 bridgehead atoms. The summed E-state index contributed by atoms with van der Waals surface area (Å²) in [6.45, 7) is 0.814. The van der Waals surface area contributed by atoms with Crippen LogP contribution in [-0.2, 0) is 13.0 Å². The van der Waals surface area contributed by atoms with Crippen molar-refractivity contribution in [3.63, 3.8) is 0 Å². The molecule has 2 rings (SSSR count). The number of ether oxygens (including phenoxy) is 1. The van der Waals surface area contributed by atoms with Crippen molar-refractivity contribution in [1.82, 2.24) is 0 Å². The van der Waals surface area contributed by atoms with E-state index in [1.807, 2.05) is 18.2 Å². The Hall–Kier alpha value is -1.58. The molecule has 0 saturated heterocycles. The van der Waals surface area contributed by atoms with E-state index < -0.39 is 0 Å². The number of rotatable bonds is 5. The summed E-state index contributed by atoms with van der Waals surface area (Å²) in [5.41, 5.74) is 7.24. The van der Waals surface area contributed by atoms with Crippen LogP contribution in [0.1, 0.15) is 11.1 Å². The summed E-state index contributed by atoms with van der Waals surface area (Å²) >= 11 is 5.79. The van der Waals surface area contributed by atoms with Crippen LogP contribution in [0.3, 0.4) is 0 Å². The first kappa shape index (κ1) is 13.8. The number of nitrogens with two attached hydrogens (primary N) is 1. The van der Waals surface area contributed by atoms with E-state index in [-0.39, 0.29) is 11.6 Å². The predicted molar refractivity (Wildman–Crippen MR) is 74.9 cm³/mol. The fraction of sp³-hybridized carbons (Fsp3) is 0.200. The zero-order chi connectivity index (χ0) is 13.7. The molecule has 4 heteroatoms. The first-order chi connectivity index (χ1) is 9.19. The summed E-state index contributed by atoms with van der Waals surface area (Å²) in [5, 5.41) is 0.668. The average Bonchev–Trinajstić information content (AvgIpc) is 2.40. The Bertz CT molecular complexity index is 542. The lowest BCUT2D eigenvalue weighted by Gasteiger charge is -2.08. The van der Waals surface area contributed by atoms with Gasteiger partial charge in [-0.1, -0.05) is 29.8 Å². The van der Waals surface area contributed by atoms with Crippen molar-refractivity contribution >= 4 is 11.6 Å². The maximum atomic E-state index is 13.8. The Morgan fingerprint density at radius 2 is 1.74 bits per heavy atom. The highest BCUT2D eigenvalue weighted by Crippen LogP contribution is 2.20. The van der Waals surface area contributed by atoms with E-state index in [0.29, 0.717) is 24.6 Å². The van der Waals surface area contributed by atoms with Crippen molar-refractivity contribution < 1.29 is 9.13 Å². The molecule has 0 amide bonds. The smallest absolute Gasteiger partial charge is 0.165 e. The Kier molecular flexibility index (Phi) is 4.77. The van der Waals surface area contributed by atoms with E-state index in [2.05, 4.69) is 0 Å². The van der Waals surface area contributed by atoms with Crippen molar-refractivity contribution in [2.75, 3.05) is 6.54 Å². The third kappa shape index (κ3) is 3.94. The summed E-state index contributed by atoms with van der Waals surface area (Å²) in [5.74, 6) is -0.115. The molecule has 2 aromatic carbocycles. The highest BCUT2D eigenvalue weighted by atomic mass is 35.5. The molecular weight excluding hydrogens is 265 g/mol. The molecule has 2 N–H and O–H groups in total. The number of hydrogen-bond acceptors (Lipinski definition) is 2. The molecule has 0 unspecified atom stereocenters. The van der Waals surface area contributed by atoms with Crippen molar-refractivity contribution in [3.8, 4) is 5.75 Å². The minimum absolute atomic E-state index is 0.246. The summed E-state index contributed by atoms with van der Waals surface area (Å²) in [7, 11) is 0. The molecule has 0 radical (unpaired) electrons. The van der Waals surface area contributed by atoms with Crippen molar-refractivity contribution in [3.05, 3.63) is 64.4 Å². The van der Waals surface area contributed by atoms with Gasteiger partial charge in [0.05, 0.1) is 0 Å². The van der Waals surface area contributed by atoms with Gasteiger partial charge >= 0.3 is 0 Å². The zero-order valence-electron chi connectivity index (χ0n) is 10.4. The molecule has 0 spiro atoms. The van der Waals surface area contributed by atoms with Gasteiger partial charge < -0.3 is 10.5 Å². The SMILES string of the molecule is NCCc1ccc(OCc2ccc(Cl)cc2)c(F)c1. The van der Waals surface area contributed by atoms with Crippen LogP contribution in [-0.4, -0.2) is 6.54 Å². The summed E-state index contributed by atoms with van der Waals surface area (Å²) in [4.78, 5) is 0. The van der Waals surface area contributed by atoms with Crippen molar-refractivity contribution in [2.45, 2.75) is 13.0 Å². The van der Waals surface area contributed by atoms with Gasteiger partial charge in [0, 0.05) is 5.02 Å². The van der Waals surface area contributed by atoms with Crippen LogP contribution in [0.25, 0.3) is 0 Å². The zero-order valence-corrected chi connectivity index (χ0v) is 11.2. The van der Waals surface area contributed by atoms with Gasteiger partial charge in [0.25, 0.3) is 0 Å². The van der Waals surface area contributed by atoms with E-state index in [0.717, 1.165) is 11.1 Å². The molecule has 0 heterocycles. The molecule has 0 fully saturated rings. The van der Waals surface area contributed by atoms with E-state index in [4.69, 9.17) is 22.1 Å². The van der Waals surface area contributed by atoms with Crippen LogP contribution in [0.2, 0.25) is 5.02 Å². The van der Waals surface area contributed by atoms with Gasteiger partial charge in [0.15, 0.2) is 11.6 Å². The first-order valence-corrected chi connectivity index (χ1v) is 6.42. The third-order valence-electron chi connectivity index (χ3n) is 2.74. The Morgan fingerprint density at radius 1 is 1.05 bits per heavy atom. The largest absolute Gasteiger partial charge is 0.486 e. The highest BCUT2D eigenvalue weighted by molar-refractivity contribution is 6.30. The van der Waals surface area contributed by atoms with Crippen LogP contribution in [0.15, 0.2) is 42.5 Å². The summed E-state index contributed by atoms with van der Waals surface area (Å²) in [6, 6.07) is 12.2. The summed E-state index contributed by atoms with van der Waals surface area (Å²) < 4.78 is 19.2. The van der Waals surface area contributed by atoms with Crippen LogP contribution >= 0.6 is 11.6 Å². The molecule has 0 aliphatic rings. The van der Waals surface area contributed by atoms with Crippen LogP contribution in [0.5, 0.6) is 5.75 Å². The molecule has 2 aromatic rings. The molecule has 100 valence electrons. The topological polar surface area (TPSA) is 35.2 Å². The number of halogens is 2. The Labute approximate surface area is 117 Å². The molecule has 0 aliphatic heterocycles. The molecule has 2 nitrogen and oxygen atoms in total. The van der Waals surface area contributed by atoms with Crippen molar-refractivity contribution in [1.29, 1.82) is 0 Å². The van der Waals surface area contributed by atoms with Gasteiger partial charge in [-0.25, -0.2) is 4.39 Å². The van der Waals surface area contributed by atoms with Gasteiger partial charge in [0.1, 0.15) is 6.61 Å². The number of hydrogen-bond donors (Lipinski definition) is 1. The molecule has 0 atom stereocenters. The van der Waals surface area contributed by atoms with Crippen molar-refractivity contribution in [2.24, 2.45) is 5.73 Å². The van der Waals surface area contributed by atoms with Crippen LogP contribution in [0, 0.1) is 5.82 Å². The van der Waals surface area contributed by atoms with Gasteiger partial charge in [-0.2, -0.15) is 0 Å². The fourth-order valence-electron chi connectivity index (χ4n) is 1.73. The standard InChI is InChI=1S/C15H15ClFNO/c16-13-4-1-12(2-5-13)10-19-15-6-3-11(7-8-18)9-14(15)17/h1-6,9H,7-8,10,18H2. The maximum Gasteiger partial charge on any atom is 0.165 e. The summed E-state index contributed by atoms with van der Waals surface area (Å²) in [6.07, 6.45) is 0.661. The lowest BCUT2D eigenvalue weighted by Crippen LogP contribution is -2.03. The predicted octanol–water partition coefficient (Wildman–Crippen LogP) is 3.56. The third-order valence-corrected chi connectivity index (χ3v) is 2.99. The second kappa shape index (κ2) is 6.55. The molecule has 0 aliphatic carbocycles. The van der Waals surface area contributed by atoms with Crippen LogP contribution < -0.4 is 10.5 Å². The molecular formula is C15H15ClFNO. The van der Waals surface area contributed by atoms with Gasteiger partial charge in [-0.3, -0.25) is 0 Å². The van der Waals surface area contributed by atoms with E-state index >= 15 is 0 Å². The number of benzene rings is 2. The monoisotopic (exact) mass is 279 g/mol. The van der Waals surface area contributed by atoms with Crippen LogP contribution in [0.4, 0.5) is 4.39 Å². The second-order valence-corrected chi connectivity index (χ2v) is 4.66. The lowest BCUT2D eigenvalue weighted by molar-refractivity contribution is 0.290. The van der Waals surface area contributed by atoms with E-state index in [1.54, 1.807) is 18.2 Å². The van der Waals surface area contributed by atoms with E-state index in [9.17, 15) is 4.39 Å². The van der Waals surface area contributed by atoms with Gasteiger partial charge in [0.2, 0.25) is 0 Å². The van der Waals surface area contributed by atoms with E-state index in [1.165, 1.54) is 6.07 Å². The average molecular weight is 280 g/mol. The highest BCUT2D eigenvalue weighted by Gasteiger charge is 2.05. The Balaban J connectivity index is 2.01. The normalized spacial score (nSPS) is 10.5. The molecule has 19 heavy (non-hydrogen) atoms. The quantitative estimate of drug-likeness (QED) is 0.908. The fourth-order valence-corrected chi connectivity index (χ4v) is 1.85. The first-order valence-electron chi connectivity index (χ1n) is 6.05. The maximum absolute atomic E-state index is 13.8. The molecule has 0 aromatic heterocycles. The van der Waals surface area contributed by atoms with Gasteiger partial charge in [-0.05, 0) is 48.4 Å². The minimum atomic E-state index is -0.361. The Morgan fingerprint density at radius 3 is 2.37 bits per heavy atom. The minimum Gasteiger partial charge on any atom is -0.486 e. The van der Waals surface area contributed by atoms with Gasteiger partial charge in [-0.15, -0.1) is 0 Å². The second-order valence-electron chi connectivity index (χ2n) is 4.22.